The fourth-order valence-corrected chi connectivity index (χ4v) is 4.58. The summed E-state index contributed by atoms with van der Waals surface area (Å²) < 4.78 is 31.6. The number of carbonyl (C=O) groups is 1. The molecule has 0 aromatic carbocycles. The number of pyridine rings is 1. The van der Waals surface area contributed by atoms with Gasteiger partial charge in [-0.1, -0.05) is 6.92 Å². The minimum absolute atomic E-state index is 0.0870. The zero-order valence-corrected chi connectivity index (χ0v) is 14.7. The Bertz CT molecular complexity index is 648. The zero-order valence-electron chi connectivity index (χ0n) is 13.9. The maximum atomic E-state index is 12.8. The van der Waals surface area contributed by atoms with Gasteiger partial charge in [-0.25, -0.2) is 18.2 Å². The molecular formula is C15H23N3O4S. The molecular weight excluding hydrogens is 318 g/mol. The monoisotopic (exact) mass is 341 g/mol. The molecule has 0 spiro atoms. The summed E-state index contributed by atoms with van der Waals surface area (Å²) in [5, 5.41) is 0. The number of sulfonamides is 1. The third-order valence-corrected chi connectivity index (χ3v) is 6.02. The Labute approximate surface area is 137 Å². The number of aromatic nitrogens is 1. The number of nitrogens with zero attached hydrogens (tertiary/aromatic N) is 3. The molecule has 1 aromatic rings. The van der Waals surface area contributed by atoms with Crippen LogP contribution in [0.15, 0.2) is 23.2 Å². The van der Waals surface area contributed by atoms with Crippen LogP contribution in [0, 0.1) is 0 Å². The summed E-state index contributed by atoms with van der Waals surface area (Å²) in [6, 6.07) is 3.07. The lowest BCUT2D eigenvalue weighted by molar-refractivity contribution is 0.0594. The first-order valence-electron chi connectivity index (χ1n) is 7.61. The van der Waals surface area contributed by atoms with Crippen molar-refractivity contribution in [2.75, 3.05) is 26.7 Å². The van der Waals surface area contributed by atoms with E-state index in [9.17, 15) is 13.2 Å². The standard InChI is InChI=1S/C15H23N3O4S/c1-5-18-11(2)9-17(10-12(18)3)23(20,21)13-6-7-14(16-8-13)15(19)22-4/h6-8,11-12H,5,9-10H2,1-4H3/t11-,12+. The summed E-state index contributed by atoms with van der Waals surface area (Å²) in [6.07, 6.45) is 1.21. The van der Waals surface area contributed by atoms with Crippen molar-refractivity contribution in [3.05, 3.63) is 24.0 Å². The number of rotatable bonds is 4. The Morgan fingerprint density at radius 3 is 2.35 bits per heavy atom. The Balaban J connectivity index is 2.23. The molecule has 128 valence electrons. The molecule has 0 unspecified atom stereocenters. The van der Waals surface area contributed by atoms with Crippen molar-refractivity contribution >= 4 is 16.0 Å². The number of carbonyl (C=O) groups excluding carboxylic acids is 1. The Kier molecular flexibility index (Phi) is 5.38. The average Bonchev–Trinajstić information content (AvgIpc) is 2.53. The summed E-state index contributed by atoms with van der Waals surface area (Å²) in [4.78, 5) is 17.6. The second-order valence-corrected chi connectivity index (χ2v) is 7.66. The molecule has 1 fully saturated rings. The van der Waals surface area contributed by atoms with Crippen molar-refractivity contribution in [3.63, 3.8) is 0 Å². The van der Waals surface area contributed by atoms with E-state index in [2.05, 4.69) is 21.5 Å². The van der Waals surface area contributed by atoms with E-state index in [1.807, 2.05) is 13.8 Å². The fraction of sp³-hybridized carbons (Fsp3) is 0.600. The highest BCUT2D eigenvalue weighted by Crippen LogP contribution is 2.22. The summed E-state index contributed by atoms with van der Waals surface area (Å²) >= 11 is 0. The van der Waals surface area contributed by atoms with Gasteiger partial charge in [-0.05, 0) is 32.5 Å². The second kappa shape index (κ2) is 6.94. The molecule has 1 aliphatic heterocycles. The van der Waals surface area contributed by atoms with Gasteiger partial charge in [0.25, 0.3) is 0 Å². The highest BCUT2D eigenvalue weighted by Gasteiger charge is 2.35. The van der Waals surface area contributed by atoms with Crippen LogP contribution < -0.4 is 0 Å². The Morgan fingerprint density at radius 1 is 1.30 bits per heavy atom. The zero-order chi connectivity index (χ0) is 17.2. The smallest absolute Gasteiger partial charge is 0.356 e. The molecule has 1 aliphatic rings. The number of hydrogen-bond acceptors (Lipinski definition) is 6. The van der Waals surface area contributed by atoms with Gasteiger partial charge in [0, 0.05) is 31.4 Å². The number of ether oxygens (including phenoxy) is 1. The summed E-state index contributed by atoms with van der Waals surface area (Å²) in [5.41, 5.74) is 0.0870. The second-order valence-electron chi connectivity index (χ2n) is 5.72. The lowest BCUT2D eigenvalue weighted by atomic mass is 10.1. The highest BCUT2D eigenvalue weighted by atomic mass is 32.2. The number of esters is 1. The molecule has 8 heteroatoms. The van der Waals surface area contributed by atoms with Crippen LogP contribution >= 0.6 is 0 Å². The lowest BCUT2D eigenvalue weighted by Gasteiger charge is -2.43. The maximum Gasteiger partial charge on any atom is 0.356 e. The van der Waals surface area contributed by atoms with Crippen molar-refractivity contribution < 1.29 is 17.9 Å². The van der Waals surface area contributed by atoms with Crippen LogP contribution in [0.5, 0.6) is 0 Å². The third kappa shape index (κ3) is 3.54. The molecule has 2 atom stereocenters. The minimum Gasteiger partial charge on any atom is -0.464 e. The molecule has 23 heavy (non-hydrogen) atoms. The molecule has 2 rings (SSSR count). The first-order valence-corrected chi connectivity index (χ1v) is 9.05. The highest BCUT2D eigenvalue weighted by molar-refractivity contribution is 7.89. The number of methoxy groups -OCH3 is 1. The van der Waals surface area contributed by atoms with Crippen LogP contribution in [0.4, 0.5) is 0 Å². The van der Waals surface area contributed by atoms with E-state index in [1.54, 1.807) is 0 Å². The molecule has 1 saturated heterocycles. The predicted molar refractivity (Wildman–Crippen MR) is 85.6 cm³/mol. The van der Waals surface area contributed by atoms with Crippen LogP contribution in [0.2, 0.25) is 0 Å². The number of likely N-dealkylation sites (N-methyl/N-ethyl adjacent to an activating group) is 1. The summed E-state index contributed by atoms with van der Waals surface area (Å²) in [5.74, 6) is -0.590. The van der Waals surface area contributed by atoms with Crippen molar-refractivity contribution in [1.29, 1.82) is 0 Å². The number of hydrogen-bond donors (Lipinski definition) is 0. The largest absolute Gasteiger partial charge is 0.464 e. The predicted octanol–water partition coefficient (Wildman–Crippen LogP) is 0.971. The third-order valence-electron chi connectivity index (χ3n) is 4.20. The molecule has 0 saturated carbocycles. The molecule has 7 nitrogen and oxygen atoms in total. The number of piperazine rings is 1. The minimum atomic E-state index is -3.62. The van der Waals surface area contributed by atoms with Gasteiger partial charge >= 0.3 is 5.97 Å². The topological polar surface area (TPSA) is 79.8 Å². The van der Waals surface area contributed by atoms with E-state index in [1.165, 1.54) is 29.7 Å². The van der Waals surface area contributed by atoms with Gasteiger partial charge in [0.2, 0.25) is 10.0 Å². The molecule has 0 amide bonds. The molecule has 0 N–H and O–H groups in total. The Hall–Kier alpha value is -1.51. The van der Waals surface area contributed by atoms with E-state index < -0.39 is 16.0 Å². The van der Waals surface area contributed by atoms with Crippen LogP contribution in [0.25, 0.3) is 0 Å². The van der Waals surface area contributed by atoms with E-state index in [4.69, 9.17) is 0 Å². The van der Waals surface area contributed by atoms with Crippen LogP contribution in [0.3, 0.4) is 0 Å². The fourth-order valence-electron chi connectivity index (χ4n) is 3.03. The summed E-state index contributed by atoms with van der Waals surface area (Å²) in [7, 11) is -2.36. The van der Waals surface area contributed by atoms with Crippen molar-refractivity contribution in [2.45, 2.75) is 37.8 Å². The normalized spacial score (nSPS) is 23.7. The van der Waals surface area contributed by atoms with Crippen LogP contribution in [0.1, 0.15) is 31.3 Å². The molecule has 0 aliphatic carbocycles. The molecule has 1 aromatic heterocycles. The summed E-state index contributed by atoms with van der Waals surface area (Å²) in [6.45, 7) is 7.91. The quantitative estimate of drug-likeness (QED) is 0.759. The van der Waals surface area contributed by atoms with Gasteiger partial charge in [0.15, 0.2) is 0 Å². The molecule has 2 heterocycles. The molecule has 0 bridgehead atoms. The van der Waals surface area contributed by atoms with Crippen LogP contribution in [-0.4, -0.2) is 67.4 Å². The van der Waals surface area contributed by atoms with Crippen LogP contribution in [-0.2, 0) is 14.8 Å². The van der Waals surface area contributed by atoms with Crippen molar-refractivity contribution in [2.24, 2.45) is 0 Å². The van der Waals surface area contributed by atoms with E-state index >= 15 is 0 Å². The Morgan fingerprint density at radius 2 is 1.91 bits per heavy atom. The average molecular weight is 341 g/mol. The van der Waals surface area contributed by atoms with Crippen molar-refractivity contribution in [1.82, 2.24) is 14.2 Å². The van der Waals surface area contributed by atoms with Gasteiger partial charge < -0.3 is 4.74 Å². The van der Waals surface area contributed by atoms with Gasteiger partial charge in [0.1, 0.15) is 10.6 Å². The van der Waals surface area contributed by atoms with Crippen molar-refractivity contribution in [3.8, 4) is 0 Å². The first kappa shape index (κ1) is 17.8. The maximum absolute atomic E-state index is 12.8. The lowest BCUT2D eigenvalue weighted by Crippen LogP contribution is -2.57. The SMILES string of the molecule is CCN1[C@H](C)CN(S(=O)(=O)c2ccc(C(=O)OC)nc2)C[C@@H]1C. The van der Waals surface area contributed by atoms with E-state index in [0.717, 1.165) is 6.54 Å². The van der Waals surface area contributed by atoms with E-state index in [0.29, 0.717) is 13.1 Å². The van der Waals surface area contributed by atoms with E-state index in [-0.39, 0.29) is 22.7 Å². The van der Waals surface area contributed by atoms with Gasteiger partial charge in [-0.2, -0.15) is 4.31 Å². The molecule has 0 radical (unpaired) electrons. The van der Waals surface area contributed by atoms with Gasteiger partial charge in [-0.15, -0.1) is 0 Å². The van der Waals surface area contributed by atoms with Gasteiger partial charge in [0.05, 0.1) is 7.11 Å². The van der Waals surface area contributed by atoms with Gasteiger partial charge in [-0.3, -0.25) is 4.90 Å². The first-order chi connectivity index (χ1) is 10.8.